The molecule has 0 spiro atoms. The molecule has 0 unspecified atom stereocenters. The molecule has 0 aliphatic carbocycles. The average molecular weight is 232 g/mol. The van der Waals surface area contributed by atoms with E-state index < -0.39 is 0 Å². The Bertz CT molecular complexity index is 337. The number of alkyl halides is 1. The second-order valence-corrected chi connectivity index (χ2v) is 2.72. The zero-order valence-electron chi connectivity index (χ0n) is 8.28. The topological polar surface area (TPSA) is 73.3 Å². The van der Waals surface area contributed by atoms with E-state index in [1.165, 1.54) is 20.5 Å². The van der Waals surface area contributed by atoms with Gasteiger partial charge in [-0.05, 0) is 0 Å². The Balaban J connectivity index is 3.05. The first kappa shape index (κ1) is 11.5. The van der Waals surface area contributed by atoms with E-state index in [1.807, 2.05) is 0 Å². The van der Waals surface area contributed by atoms with Crippen LogP contribution in [0, 0.1) is 0 Å². The number of anilines is 1. The minimum absolute atomic E-state index is 0.165. The summed E-state index contributed by atoms with van der Waals surface area (Å²) in [6, 6.07) is 0. The number of ether oxygens (including phenoxy) is 2. The maximum absolute atomic E-state index is 11.1. The molecule has 15 heavy (non-hydrogen) atoms. The smallest absolute Gasteiger partial charge is 0.244 e. The normalized spacial score (nSPS) is 9.53. The molecule has 1 rings (SSSR count). The molecule has 0 aromatic carbocycles. The van der Waals surface area contributed by atoms with Crippen molar-refractivity contribution in [3.8, 4) is 11.8 Å². The van der Waals surface area contributed by atoms with Crippen LogP contribution in [-0.4, -0.2) is 36.0 Å². The maximum Gasteiger partial charge on any atom is 0.244 e. The fraction of sp³-hybridized carbons (Fsp3) is 0.375. The summed E-state index contributed by atoms with van der Waals surface area (Å²) in [5, 5.41) is 2.48. The molecule has 1 heterocycles. The van der Waals surface area contributed by atoms with Gasteiger partial charge in [0.1, 0.15) is 12.2 Å². The third-order valence-corrected chi connectivity index (χ3v) is 1.79. The average Bonchev–Trinajstić information content (AvgIpc) is 2.29. The number of carbonyl (C=O) groups is 1. The van der Waals surface area contributed by atoms with Crippen molar-refractivity contribution in [1.29, 1.82) is 0 Å². The van der Waals surface area contributed by atoms with E-state index in [2.05, 4.69) is 15.3 Å². The van der Waals surface area contributed by atoms with Crippen LogP contribution in [0.25, 0.3) is 0 Å². The zero-order chi connectivity index (χ0) is 11.3. The number of hydrogen-bond acceptors (Lipinski definition) is 5. The van der Waals surface area contributed by atoms with Crippen molar-refractivity contribution < 1.29 is 14.3 Å². The summed E-state index contributed by atoms with van der Waals surface area (Å²) in [4.78, 5) is 18.8. The molecule has 1 N–H and O–H groups in total. The number of nitrogens with zero attached hydrogens (tertiary/aromatic N) is 2. The van der Waals surface area contributed by atoms with E-state index in [0.717, 1.165) is 0 Å². The van der Waals surface area contributed by atoms with Crippen LogP contribution >= 0.6 is 11.6 Å². The predicted octanol–water partition coefficient (Wildman–Crippen LogP) is 0.671. The van der Waals surface area contributed by atoms with E-state index >= 15 is 0 Å². The molecular weight excluding hydrogens is 222 g/mol. The number of amides is 1. The molecule has 82 valence electrons. The van der Waals surface area contributed by atoms with Crippen LogP contribution in [0.2, 0.25) is 0 Å². The number of nitrogens with one attached hydrogen (secondary N) is 1. The highest BCUT2D eigenvalue weighted by Crippen LogP contribution is 2.29. The van der Waals surface area contributed by atoms with Crippen LogP contribution in [0.15, 0.2) is 6.33 Å². The van der Waals surface area contributed by atoms with Gasteiger partial charge in [0.05, 0.1) is 14.2 Å². The Morgan fingerprint density at radius 3 is 2.33 bits per heavy atom. The first-order chi connectivity index (χ1) is 7.22. The van der Waals surface area contributed by atoms with Crippen molar-refractivity contribution in [2.24, 2.45) is 0 Å². The first-order valence-electron chi connectivity index (χ1n) is 4.01. The number of aromatic nitrogens is 2. The van der Waals surface area contributed by atoms with Crippen molar-refractivity contribution >= 4 is 23.2 Å². The second kappa shape index (κ2) is 5.35. The molecular formula is C8H10ClN3O3. The molecule has 7 heteroatoms. The van der Waals surface area contributed by atoms with E-state index in [9.17, 15) is 4.79 Å². The molecule has 1 aromatic rings. The molecule has 0 saturated heterocycles. The Kier molecular flexibility index (Phi) is 4.11. The third-order valence-electron chi connectivity index (χ3n) is 1.55. The van der Waals surface area contributed by atoms with Gasteiger partial charge < -0.3 is 14.8 Å². The lowest BCUT2D eigenvalue weighted by Crippen LogP contribution is -2.15. The minimum Gasteiger partial charge on any atom is -0.479 e. The number of halogens is 1. The number of rotatable bonds is 4. The highest BCUT2D eigenvalue weighted by Gasteiger charge is 2.14. The monoisotopic (exact) mass is 231 g/mol. The summed E-state index contributed by atoms with van der Waals surface area (Å²) < 4.78 is 9.89. The summed E-state index contributed by atoms with van der Waals surface area (Å²) in [7, 11) is 2.86. The fourth-order valence-corrected chi connectivity index (χ4v) is 1.01. The largest absolute Gasteiger partial charge is 0.479 e. The van der Waals surface area contributed by atoms with Gasteiger partial charge >= 0.3 is 0 Å². The zero-order valence-corrected chi connectivity index (χ0v) is 9.04. The molecule has 1 aromatic heterocycles. The Morgan fingerprint density at radius 2 is 1.93 bits per heavy atom. The lowest BCUT2D eigenvalue weighted by Gasteiger charge is -2.10. The first-order valence-corrected chi connectivity index (χ1v) is 4.55. The highest BCUT2D eigenvalue weighted by molar-refractivity contribution is 6.29. The molecule has 0 saturated carbocycles. The van der Waals surface area contributed by atoms with E-state index in [0.29, 0.717) is 0 Å². The number of carbonyl (C=O) groups excluding carboxylic acids is 1. The Hall–Kier alpha value is -1.56. The third kappa shape index (κ3) is 2.69. The minimum atomic E-state index is -0.386. The van der Waals surface area contributed by atoms with Gasteiger partial charge in [0.15, 0.2) is 5.69 Å². The van der Waals surface area contributed by atoms with Crippen molar-refractivity contribution in [2.45, 2.75) is 0 Å². The van der Waals surface area contributed by atoms with Crippen LogP contribution in [0.3, 0.4) is 0 Å². The van der Waals surface area contributed by atoms with E-state index in [4.69, 9.17) is 21.1 Å². The predicted molar refractivity (Wildman–Crippen MR) is 54.5 cm³/mol. The van der Waals surface area contributed by atoms with Crippen LogP contribution < -0.4 is 14.8 Å². The van der Waals surface area contributed by atoms with Gasteiger partial charge in [-0.15, -0.1) is 11.6 Å². The summed E-state index contributed by atoms with van der Waals surface area (Å²) >= 11 is 5.36. The molecule has 0 fully saturated rings. The number of methoxy groups -OCH3 is 2. The van der Waals surface area contributed by atoms with Crippen LogP contribution in [0.1, 0.15) is 0 Å². The molecule has 0 bridgehead atoms. The number of hydrogen-bond donors (Lipinski definition) is 1. The van der Waals surface area contributed by atoms with Crippen LogP contribution in [0.4, 0.5) is 5.69 Å². The molecule has 0 radical (unpaired) electrons. The van der Waals surface area contributed by atoms with E-state index in [-0.39, 0.29) is 29.2 Å². The van der Waals surface area contributed by atoms with Crippen molar-refractivity contribution in [2.75, 3.05) is 25.4 Å². The van der Waals surface area contributed by atoms with Crippen LogP contribution in [0.5, 0.6) is 11.8 Å². The molecule has 0 aliphatic rings. The molecule has 0 atom stereocenters. The van der Waals surface area contributed by atoms with Gasteiger partial charge in [0, 0.05) is 0 Å². The van der Waals surface area contributed by atoms with Crippen molar-refractivity contribution in [3.05, 3.63) is 6.33 Å². The van der Waals surface area contributed by atoms with Gasteiger partial charge in [0.25, 0.3) is 0 Å². The second-order valence-electron chi connectivity index (χ2n) is 2.45. The highest BCUT2D eigenvalue weighted by atomic mass is 35.5. The van der Waals surface area contributed by atoms with Gasteiger partial charge in [-0.2, -0.15) is 9.97 Å². The molecule has 1 amide bonds. The summed E-state index contributed by atoms with van der Waals surface area (Å²) in [5.74, 6) is -0.106. The molecule has 0 aliphatic heterocycles. The Morgan fingerprint density at radius 1 is 1.40 bits per heavy atom. The van der Waals surface area contributed by atoms with Gasteiger partial charge in [-0.25, -0.2) is 0 Å². The lowest BCUT2D eigenvalue weighted by molar-refractivity contribution is -0.113. The van der Waals surface area contributed by atoms with E-state index in [1.54, 1.807) is 0 Å². The van der Waals surface area contributed by atoms with Gasteiger partial charge in [-0.3, -0.25) is 4.79 Å². The quantitative estimate of drug-likeness (QED) is 0.771. The summed E-state index contributed by atoms with van der Waals surface area (Å²) in [5.41, 5.74) is 0.271. The van der Waals surface area contributed by atoms with Gasteiger partial charge in [0.2, 0.25) is 17.7 Å². The lowest BCUT2D eigenvalue weighted by atomic mass is 10.4. The molecule has 6 nitrogen and oxygen atoms in total. The summed E-state index contributed by atoms with van der Waals surface area (Å²) in [6.07, 6.45) is 1.27. The standard InChI is InChI=1S/C8H10ClN3O3/c1-14-7-6(12-5(13)3-9)8(15-2)11-4-10-7/h4H,3H2,1-2H3,(H,12,13). The van der Waals surface area contributed by atoms with Gasteiger partial charge in [-0.1, -0.05) is 0 Å². The fourth-order valence-electron chi connectivity index (χ4n) is 0.944. The van der Waals surface area contributed by atoms with Crippen molar-refractivity contribution in [1.82, 2.24) is 9.97 Å². The summed E-state index contributed by atoms with van der Waals surface area (Å²) in [6.45, 7) is 0. The van der Waals surface area contributed by atoms with Crippen LogP contribution in [-0.2, 0) is 4.79 Å². The maximum atomic E-state index is 11.1. The SMILES string of the molecule is COc1ncnc(OC)c1NC(=O)CCl. The van der Waals surface area contributed by atoms with Crippen molar-refractivity contribution in [3.63, 3.8) is 0 Å². The Labute approximate surface area is 91.6 Å².